The molecular formula is C14H18N2O4. The van der Waals surface area contributed by atoms with Crippen LogP contribution in [-0.2, 0) is 0 Å². The lowest BCUT2D eigenvalue weighted by Crippen LogP contribution is -1.99. The van der Waals surface area contributed by atoms with Gasteiger partial charge in [0.05, 0.1) is 19.8 Å². The highest BCUT2D eigenvalue weighted by molar-refractivity contribution is 5.64. The average Bonchev–Trinajstić information content (AvgIpc) is 2.96. The van der Waals surface area contributed by atoms with Gasteiger partial charge in [0.2, 0.25) is 5.82 Å². The van der Waals surface area contributed by atoms with Crippen molar-refractivity contribution < 1.29 is 19.1 Å². The first-order valence-corrected chi connectivity index (χ1v) is 6.43. The number of ether oxygens (including phenoxy) is 2. The second kappa shape index (κ2) is 6.38. The number of hydrogen-bond acceptors (Lipinski definition) is 6. The van der Waals surface area contributed by atoms with Crippen molar-refractivity contribution in [1.29, 1.82) is 0 Å². The number of hydrogen-bond donors (Lipinski definition) is 1. The summed E-state index contributed by atoms with van der Waals surface area (Å²) in [6.07, 6.45) is 0.733. The average molecular weight is 278 g/mol. The highest BCUT2D eigenvalue weighted by Gasteiger charge is 2.18. The topological polar surface area (TPSA) is 77.6 Å². The zero-order valence-electron chi connectivity index (χ0n) is 11.8. The van der Waals surface area contributed by atoms with Crippen LogP contribution in [0.3, 0.4) is 0 Å². The molecule has 0 radical (unpaired) electrons. The van der Waals surface area contributed by atoms with Crippen molar-refractivity contribution in [3.05, 3.63) is 24.0 Å². The van der Waals surface area contributed by atoms with Gasteiger partial charge >= 0.3 is 0 Å². The van der Waals surface area contributed by atoms with Crippen LogP contribution in [0.4, 0.5) is 0 Å². The van der Waals surface area contributed by atoms with Crippen LogP contribution in [0, 0.1) is 0 Å². The van der Waals surface area contributed by atoms with Crippen LogP contribution in [0.2, 0.25) is 0 Å². The third-order valence-corrected chi connectivity index (χ3v) is 2.94. The quantitative estimate of drug-likeness (QED) is 0.875. The molecule has 6 heteroatoms. The van der Waals surface area contributed by atoms with Gasteiger partial charge in [-0.3, -0.25) is 0 Å². The molecule has 1 aromatic carbocycles. The molecule has 0 aliphatic rings. The number of nitrogens with zero attached hydrogens (tertiary/aromatic N) is 2. The maximum absolute atomic E-state index is 9.85. The van der Waals surface area contributed by atoms with Crippen LogP contribution in [0.5, 0.6) is 11.5 Å². The van der Waals surface area contributed by atoms with Gasteiger partial charge in [0, 0.05) is 6.07 Å². The molecule has 0 aliphatic heterocycles. The Labute approximate surface area is 117 Å². The highest BCUT2D eigenvalue weighted by atomic mass is 16.5. The lowest BCUT2D eigenvalue weighted by atomic mass is 10.2. The first kappa shape index (κ1) is 14.3. The van der Waals surface area contributed by atoms with Gasteiger partial charge in [-0.25, -0.2) is 0 Å². The lowest BCUT2D eigenvalue weighted by Gasteiger charge is -2.07. The van der Waals surface area contributed by atoms with Crippen molar-refractivity contribution in [1.82, 2.24) is 10.1 Å². The zero-order chi connectivity index (χ0) is 14.5. The summed E-state index contributed by atoms with van der Waals surface area (Å²) in [6.45, 7) is 1.98. The van der Waals surface area contributed by atoms with E-state index in [4.69, 9.17) is 14.0 Å². The fourth-order valence-electron chi connectivity index (χ4n) is 1.86. The summed E-state index contributed by atoms with van der Waals surface area (Å²) >= 11 is 0. The van der Waals surface area contributed by atoms with E-state index in [1.807, 2.05) is 6.92 Å². The van der Waals surface area contributed by atoms with Gasteiger partial charge in [-0.05, 0) is 18.6 Å². The van der Waals surface area contributed by atoms with Gasteiger partial charge in [-0.2, -0.15) is 4.98 Å². The van der Waals surface area contributed by atoms with Crippen LogP contribution in [0.15, 0.2) is 22.7 Å². The Bertz CT molecular complexity index is 568. The van der Waals surface area contributed by atoms with E-state index >= 15 is 0 Å². The second-order valence-corrected chi connectivity index (χ2v) is 4.33. The summed E-state index contributed by atoms with van der Waals surface area (Å²) in [5.74, 6) is 1.86. The molecule has 1 heterocycles. The minimum Gasteiger partial charge on any atom is -0.497 e. The Hall–Kier alpha value is -2.08. The fourth-order valence-corrected chi connectivity index (χ4v) is 1.86. The normalized spacial score (nSPS) is 12.2. The van der Waals surface area contributed by atoms with Gasteiger partial charge in [0.1, 0.15) is 17.6 Å². The molecule has 2 aromatic rings. The highest BCUT2D eigenvalue weighted by Crippen LogP contribution is 2.32. The van der Waals surface area contributed by atoms with E-state index < -0.39 is 6.10 Å². The Morgan fingerprint density at radius 2 is 2.10 bits per heavy atom. The number of aliphatic hydroxyl groups excluding tert-OH is 1. The summed E-state index contributed by atoms with van der Waals surface area (Å²) in [6, 6.07) is 5.30. The molecule has 0 fully saturated rings. The number of benzene rings is 1. The monoisotopic (exact) mass is 278 g/mol. The van der Waals surface area contributed by atoms with Gasteiger partial charge < -0.3 is 19.1 Å². The van der Waals surface area contributed by atoms with Crippen molar-refractivity contribution in [2.24, 2.45) is 0 Å². The van der Waals surface area contributed by atoms with Crippen molar-refractivity contribution in [2.45, 2.75) is 25.9 Å². The summed E-state index contributed by atoms with van der Waals surface area (Å²) in [5, 5.41) is 13.7. The minimum absolute atomic E-state index is 0.291. The third-order valence-electron chi connectivity index (χ3n) is 2.94. The molecule has 1 aromatic heterocycles. The van der Waals surface area contributed by atoms with Crippen LogP contribution >= 0.6 is 0 Å². The number of methoxy groups -OCH3 is 2. The first-order valence-electron chi connectivity index (χ1n) is 6.43. The molecule has 1 atom stereocenters. The van der Waals surface area contributed by atoms with E-state index in [-0.39, 0.29) is 0 Å². The van der Waals surface area contributed by atoms with E-state index in [1.165, 1.54) is 0 Å². The Morgan fingerprint density at radius 3 is 2.75 bits per heavy atom. The lowest BCUT2D eigenvalue weighted by molar-refractivity contribution is 0.153. The summed E-state index contributed by atoms with van der Waals surface area (Å²) < 4.78 is 15.6. The Kier molecular flexibility index (Phi) is 4.57. The molecule has 0 aliphatic carbocycles. The van der Waals surface area contributed by atoms with Crippen molar-refractivity contribution >= 4 is 0 Å². The smallest absolute Gasteiger partial charge is 0.261 e. The van der Waals surface area contributed by atoms with Crippen LogP contribution < -0.4 is 9.47 Å². The molecule has 1 N–H and O–H groups in total. The number of rotatable bonds is 6. The minimum atomic E-state index is -0.707. The summed E-state index contributed by atoms with van der Waals surface area (Å²) in [7, 11) is 3.14. The SMILES string of the molecule is CCCC(O)c1noc(-c2ccc(OC)cc2OC)n1. The predicted molar refractivity (Wildman–Crippen MR) is 72.7 cm³/mol. The molecule has 108 valence electrons. The summed E-state index contributed by atoms with van der Waals surface area (Å²) in [4.78, 5) is 4.21. The number of aromatic nitrogens is 2. The Morgan fingerprint density at radius 1 is 1.30 bits per heavy atom. The molecule has 0 saturated heterocycles. The molecule has 2 rings (SSSR count). The van der Waals surface area contributed by atoms with Crippen molar-refractivity contribution in [3.63, 3.8) is 0 Å². The van der Waals surface area contributed by atoms with E-state index in [1.54, 1.807) is 32.4 Å². The third kappa shape index (κ3) is 2.91. The molecule has 0 bridgehead atoms. The predicted octanol–water partition coefficient (Wildman–Crippen LogP) is 2.59. The maximum atomic E-state index is 9.85. The van der Waals surface area contributed by atoms with E-state index in [0.29, 0.717) is 35.2 Å². The maximum Gasteiger partial charge on any atom is 0.261 e. The second-order valence-electron chi connectivity index (χ2n) is 4.33. The van der Waals surface area contributed by atoms with Crippen molar-refractivity contribution in [3.8, 4) is 23.0 Å². The molecule has 0 amide bonds. The molecular weight excluding hydrogens is 260 g/mol. The van der Waals surface area contributed by atoms with E-state index in [0.717, 1.165) is 6.42 Å². The Balaban J connectivity index is 2.32. The van der Waals surface area contributed by atoms with E-state index in [9.17, 15) is 5.11 Å². The fraction of sp³-hybridized carbons (Fsp3) is 0.429. The largest absolute Gasteiger partial charge is 0.497 e. The van der Waals surface area contributed by atoms with Crippen LogP contribution in [0.25, 0.3) is 11.5 Å². The van der Waals surface area contributed by atoms with Gasteiger partial charge in [-0.1, -0.05) is 18.5 Å². The van der Waals surface area contributed by atoms with Crippen LogP contribution in [0.1, 0.15) is 31.7 Å². The number of aliphatic hydroxyl groups is 1. The molecule has 6 nitrogen and oxygen atoms in total. The van der Waals surface area contributed by atoms with Gasteiger partial charge in [0.25, 0.3) is 5.89 Å². The molecule has 0 spiro atoms. The van der Waals surface area contributed by atoms with E-state index in [2.05, 4.69) is 10.1 Å². The standard InChI is InChI=1S/C14H18N2O4/c1-4-5-11(17)13-15-14(20-16-13)10-7-6-9(18-2)8-12(10)19-3/h6-8,11,17H,4-5H2,1-3H3. The summed E-state index contributed by atoms with van der Waals surface area (Å²) in [5.41, 5.74) is 0.663. The zero-order valence-corrected chi connectivity index (χ0v) is 11.8. The van der Waals surface area contributed by atoms with Crippen LogP contribution in [-0.4, -0.2) is 29.5 Å². The molecule has 20 heavy (non-hydrogen) atoms. The van der Waals surface area contributed by atoms with Crippen molar-refractivity contribution in [2.75, 3.05) is 14.2 Å². The van der Waals surface area contributed by atoms with Gasteiger partial charge in [0.15, 0.2) is 0 Å². The molecule has 1 unspecified atom stereocenters. The molecule has 0 saturated carbocycles. The van der Waals surface area contributed by atoms with Gasteiger partial charge in [-0.15, -0.1) is 0 Å². The first-order chi connectivity index (χ1) is 9.69.